The molecule has 5 heterocycles. The third-order valence-corrected chi connectivity index (χ3v) is 7.58. The molecule has 4 aromatic heterocycles. The average Bonchev–Trinajstić information content (AvgIpc) is 3.73. The van der Waals surface area contributed by atoms with Gasteiger partial charge in [-0.3, -0.25) is 14.5 Å². The van der Waals surface area contributed by atoms with E-state index >= 15 is 0 Å². The molecule has 1 unspecified atom stereocenters. The second-order valence-electron chi connectivity index (χ2n) is 9.96. The number of fused-ring (bicyclic) bond motifs is 2. The van der Waals surface area contributed by atoms with Gasteiger partial charge >= 0.3 is 0 Å². The second-order valence-corrected chi connectivity index (χ2v) is 10.3. The van der Waals surface area contributed by atoms with Gasteiger partial charge in [0, 0.05) is 30.6 Å². The fourth-order valence-corrected chi connectivity index (χ4v) is 5.42. The summed E-state index contributed by atoms with van der Waals surface area (Å²) in [7, 11) is 1.76. The SMILES string of the molecule is Cn1cc(C(=O)Nc2cncc(-n3nc(Nc4ccc5c(cnn5C5CCCCO5)c4Cl)c4ccccc43)c2)cn1. The number of ether oxygens (including phenoxy) is 1. The molecule has 6 aromatic rings. The number of hydrogen-bond donors (Lipinski definition) is 2. The average molecular weight is 568 g/mol. The Kier molecular flexibility index (Phi) is 6.37. The molecule has 206 valence electrons. The number of carbonyl (C=O) groups excluding carboxylic acids is 1. The highest BCUT2D eigenvalue weighted by Gasteiger charge is 2.21. The first-order valence-electron chi connectivity index (χ1n) is 13.3. The van der Waals surface area contributed by atoms with Gasteiger partial charge in [-0.25, -0.2) is 9.36 Å². The molecule has 0 aliphatic carbocycles. The predicted molar refractivity (Wildman–Crippen MR) is 157 cm³/mol. The lowest BCUT2D eigenvalue weighted by Gasteiger charge is -2.23. The van der Waals surface area contributed by atoms with E-state index in [0.717, 1.165) is 47.7 Å². The smallest absolute Gasteiger partial charge is 0.258 e. The summed E-state index contributed by atoms with van der Waals surface area (Å²) < 4.78 is 11.2. The van der Waals surface area contributed by atoms with Gasteiger partial charge in [0.25, 0.3) is 5.91 Å². The standard InChI is InChI=1S/C29H26ClN9O2/c1-37-17-18(13-32-37)29(40)34-19-12-20(15-31-14-19)38-24-7-3-2-6-21(24)28(36-38)35-23-9-10-25-22(27(23)30)16-33-39(25)26-8-4-5-11-41-26/h2-3,6-7,9-10,12-17,26H,4-5,8,11H2,1H3,(H,34,40)(H,35,36). The monoisotopic (exact) mass is 567 g/mol. The van der Waals surface area contributed by atoms with E-state index in [-0.39, 0.29) is 12.1 Å². The van der Waals surface area contributed by atoms with Crippen LogP contribution in [0.5, 0.6) is 0 Å². The molecule has 11 nitrogen and oxygen atoms in total. The van der Waals surface area contributed by atoms with Crippen LogP contribution in [-0.4, -0.2) is 46.8 Å². The minimum atomic E-state index is -0.270. The van der Waals surface area contributed by atoms with E-state index in [2.05, 4.69) is 25.8 Å². The molecular formula is C29H26ClN9O2. The van der Waals surface area contributed by atoms with Crippen molar-refractivity contribution in [1.29, 1.82) is 0 Å². The zero-order valence-corrected chi connectivity index (χ0v) is 22.9. The van der Waals surface area contributed by atoms with Crippen molar-refractivity contribution in [3.63, 3.8) is 0 Å². The van der Waals surface area contributed by atoms with Crippen molar-refractivity contribution in [2.45, 2.75) is 25.5 Å². The molecule has 0 radical (unpaired) electrons. The van der Waals surface area contributed by atoms with Gasteiger partial charge in [-0.1, -0.05) is 23.7 Å². The highest BCUT2D eigenvalue weighted by atomic mass is 35.5. The van der Waals surface area contributed by atoms with Gasteiger partial charge < -0.3 is 15.4 Å². The summed E-state index contributed by atoms with van der Waals surface area (Å²) in [5.74, 6) is 0.364. The van der Waals surface area contributed by atoms with Crippen LogP contribution < -0.4 is 10.6 Å². The predicted octanol–water partition coefficient (Wildman–Crippen LogP) is 5.85. The highest BCUT2D eigenvalue weighted by Crippen LogP contribution is 2.37. The summed E-state index contributed by atoms with van der Waals surface area (Å²) in [6, 6.07) is 13.7. The number of hydrogen-bond acceptors (Lipinski definition) is 7. The second kappa shape index (κ2) is 10.3. The van der Waals surface area contributed by atoms with Crippen LogP contribution in [0, 0.1) is 0 Å². The minimum absolute atomic E-state index is 0.0747. The van der Waals surface area contributed by atoms with Crippen molar-refractivity contribution in [2.75, 3.05) is 17.2 Å². The Bertz CT molecular complexity index is 1900. The Morgan fingerprint density at radius 3 is 2.76 bits per heavy atom. The maximum absolute atomic E-state index is 12.7. The van der Waals surface area contributed by atoms with Gasteiger partial charge in [0.1, 0.15) is 0 Å². The zero-order valence-electron chi connectivity index (χ0n) is 22.2. The number of nitrogens with one attached hydrogen (secondary N) is 2. The highest BCUT2D eigenvalue weighted by molar-refractivity contribution is 6.38. The third-order valence-electron chi connectivity index (χ3n) is 7.18. The van der Waals surface area contributed by atoms with Crippen molar-refractivity contribution >= 4 is 56.5 Å². The maximum atomic E-state index is 12.7. The van der Waals surface area contributed by atoms with Crippen molar-refractivity contribution in [1.82, 2.24) is 34.3 Å². The fourth-order valence-electron chi connectivity index (χ4n) is 5.17. The Balaban J connectivity index is 1.21. The van der Waals surface area contributed by atoms with Crippen LogP contribution in [0.1, 0.15) is 35.8 Å². The summed E-state index contributed by atoms with van der Waals surface area (Å²) >= 11 is 6.89. The molecule has 12 heteroatoms. The number of nitrogens with zero attached hydrogens (tertiary/aromatic N) is 7. The molecule has 0 bridgehead atoms. The number of benzene rings is 2. The van der Waals surface area contributed by atoms with Crippen molar-refractivity contribution < 1.29 is 9.53 Å². The topological polar surface area (TPSA) is 117 Å². The number of rotatable bonds is 6. The number of pyridine rings is 1. The van der Waals surface area contributed by atoms with E-state index in [9.17, 15) is 4.79 Å². The summed E-state index contributed by atoms with van der Waals surface area (Å²) in [5.41, 5.74) is 4.20. The first-order chi connectivity index (χ1) is 20.0. The van der Waals surface area contributed by atoms with Crippen LogP contribution in [-0.2, 0) is 11.8 Å². The molecule has 1 fully saturated rings. The normalized spacial score (nSPS) is 15.4. The van der Waals surface area contributed by atoms with E-state index < -0.39 is 0 Å². The van der Waals surface area contributed by atoms with Gasteiger partial charge in [-0.15, -0.1) is 5.10 Å². The van der Waals surface area contributed by atoms with E-state index in [4.69, 9.17) is 21.4 Å². The van der Waals surface area contributed by atoms with E-state index in [1.54, 1.807) is 41.2 Å². The van der Waals surface area contributed by atoms with Crippen LogP contribution in [0.4, 0.5) is 17.2 Å². The summed E-state index contributed by atoms with van der Waals surface area (Å²) in [5, 5.41) is 22.1. The summed E-state index contributed by atoms with van der Waals surface area (Å²) in [6.45, 7) is 0.741. The third kappa shape index (κ3) is 4.68. The van der Waals surface area contributed by atoms with Crippen LogP contribution in [0.25, 0.3) is 27.5 Å². The molecule has 0 spiro atoms. The van der Waals surface area contributed by atoms with E-state index in [0.29, 0.717) is 33.5 Å². The maximum Gasteiger partial charge on any atom is 0.258 e. The number of halogens is 1. The number of aryl methyl sites for hydroxylation is 1. The Hall–Kier alpha value is -4.74. The lowest BCUT2D eigenvalue weighted by Crippen LogP contribution is -2.18. The molecule has 2 N–H and O–H groups in total. The van der Waals surface area contributed by atoms with Crippen LogP contribution in [0.2, 0.25) is 5.02 Å². The molecule has 1 amide bonds. The van der Waals surface area contributed by atoms with Gasteiger partial charge in [0.2, 0.25) is 0 Å². The first-order valence-corrected chi connectivity index (χ1v) is 13.7. The zero-order chi connectivity index (χ0) is 27.9. The number of aromatic nitrogens is 7. The summed E-state index contributed by atoms with van der Waals surface area (Å²) in [6.07, 6.45) is 11.3. The number of amides is 1. The number of para-hydroxylation sites is 1. The van der Waals surface area contributed by atoms with E-state index in [1.807, 2.05) is 47.1 Å². The molecule has 2 aromatic carbocycles. The number of carbonyl (C=O) groups is 1. The quantitative estimate of drug-likeness (QED) is 0.259. The van der Waals surface area contributed by atoms with Crippen LogP contribution in [0.3, 0.4) is 0 Å². The molecule has 1 atom stereocenters. The molecule has 1 saturated heterocycles. The number of anilines is 3. The Morgan fingerprint density at radius 2 is 1.93 bits per heavy atom. The lowest BCUT2D eigenvalue weighted by molar-refractivity contribution is -0.0366. The largest absolute Gasteiger partial charge is 0.356 e. The lowest BCUT2D eigenvalue weighted by atomic mass is 10.2. The van der Waals surface area contributed by atoms with Crippen LogP contribution in [0.15, 0.2) is 73.4 Å². The van der Waals surface area contributed by atoms with Crippen molar-refractivity contribution in [3.8, 4) is 5.69 Å². The molecule has 1 aliphatic heterocycles. The Labute approximate surface area is 239 Å². The molecule has 0 saturated carbocycles. The van der Waals surface area contributed by atoms with Gasteiger partial charge in [0.05, 0.1) is 63.5 Å². The van der Waals surface area contributed by atoms with Gasteiger partial charge in [-0.05, 0) is 49.6 Å². The van der Waals surface area contributed by atoms with Gasteiger partial charge in [0.15, 0.2) is 12.0 Å². The fraction of sp³-hybridized carbons (Fsp3) is 0.207. The minimum Gasteiger partial charge on any atom is -0.356 e. The Morgan fingerprint density at radius 1 is 1.02 bits per heavy atom. The van der Waals surface area contributed by atoms with Crippen molar-refractivity contribution in [2.24, 2.45) is 7.05 Å². The molecule has 7 rings (SSSR count). The molecule has 1 aliphatic rings. The molecular weight excluding hydrogens is 542 g/mol. The molecule has 41 heavy (non-hydrogen) atoms. The first kappa shape index (κ1) is 25.2. The van der Waals surface area contributed by atoms with E-state index in [1.165, 1.54) is 6.20 Å². The van der Waals surface area contributed by atoms with Crippen molar-refractivity contribution in [3.05, 3.63) is 84.0 Å². The summed E-state index contributed by atoms with van der Waals surface area (Å²) in [4.78, 5) is 17.0. The van der Waals surface area contributed by atoms with Gasteiger partial charge in [-0.2, -0.15) is 10.2 Å². The van der Waals surface area contributed by atoms with Crippen LogP contribution >= 0.6 is 11.6 Å².